The van der Waals surface area contributed by atoms with Gasteiger partial charge >= 0.3 is 0 Å². The average Bonchev–Trinajstić information content (AvgIpc) is 3.57. The number of aromatic nitrogens is 1. The molecule has 3 heteroatoms. The molecule has 0 saturated heterocycles. The zero-order valence-electron chi connectivity index (χ0n) is 26.1. The van der Waals surface area contributed by atoms with E-state index in [0.717, 1.165) is 72.2 Å². The van der Waals surface area contributed by atoms with Crippen molar-refractivity contribution in [1.82, 2.24) is 4.98 Å². The normalized spacial score (nSPS) is 11.3. The van der Waals surface area contributed by atoms with Crippen LogP contribution in [-0.2, 0) is 0 Å². The first-order chi connectivity index (χ1) is 23.8. The molecule has 0 N–H and O–H groups in total. The van der Waals surface area contributed by atoms with Crippen molar-refractivity contribution in [3.63, 3.8) is 0 Å². The van der Waals surface area contributed by atoms with Crippen LogP contribution < -0.4 is 4.90 Å². The Morgan fingerprint density at radius 1 is 0.458 bits per heavy atom. The maximum atomic E-state index is 6.63. The third kappa shape index (κ3) is 4.81. The molecule has 3 nitrogen and oxygen atoms in total. The Labute approximate surface area is 279 Å². The lowest BCUT2D eigenvalue weighted by atomic mass is 9.96. The van der Waals surface area contributed by atoms with E-state index in [4.69, 9.17) is 9.40 Å². The highest BCUT2D eigenvalue weighted by molar-refractivity contribution is 6.19. The molecule has 0 spiro atoms. The van der Waals surface area contributed by atoms with E-state index >= 15 is 0 Å². The van der Waals surface area contributed by atoms with E-state index < -0.39 is 0 Å². The molecule has 0 unspecified atom stereocenters. The Morgan fingerprint density at radius 2 is 1.06 bits per heavy atom. The second-order valence-corrected chi connectivity index (χ2v) is 12.0. The lowest BCUT2D eigenvalue weighted by Gasteiger charge is -2.28. The third-order valence-corrected chi connectivity index (χ3v) is 9.13. The molecule has 0 amide bonds. The van der Waals surface area contributed by atoms with Gasteiger partial charge in [-0.2, -0.15) is 0 Å². The fourth-order valence-corrected chi connectivity index (χ4v) is 6.80. The highest BCUT2D eigenvalue weighted by Crippen LogP contribution is 2.46. The molecule has 226 valence electrons. The van der Waals surface area contributed by atoms with Gasteiger partial charge in [-0.05, 0) is 69.6 Å². The van der Waals surface area contributed by atoms with Crippen molar-refractivity contribution in [2.24, 2.45) is 0 Å². The van der Waals surface area contributed by atoms with Gasteiger partial charge in [0.15, 0.2) is 0 Å². The van der Waals surface area contributed by atoms with E-state index in [1.165, 1.54) is 11.1 Å². The Hall–Kier alpha value is -6.45. The first kappa shape index (κ1) is 27.8. The second-order valence-electron chi connectivity index (χ2n) is 12.0. The lowest BCUT2D eigenvalue weighted by molar-refractivity contribution is 0.672. The summed E-state index contributed by atoms with van der Waals surface area (Å²) in [5, 5.41) is 4.26. The molecule has 0 bridgehead atoms. The second kappa shape index (κ2) is 11.7. The van der Waals surface area contributed by atoms with Crippen molar-refractivity contribution in [1.29, 1.82) is 0 Å². The molecular weight excluding hydrogens is 585 g/mol. The Kier molecular flexibility index (Phi) is 6.80. The van der Waals surface area contributed by atoms with Gasteiger partial charge in [-0.1, -0.05) is 140 Å². The quantitative estimate of drug-likeness (QED) is 0.187. The van der Waals surface area contributed by atoms with Crippen LogP contribution in [0.5, 0.6) is 0 Å². The molecule has 2 heterocycles. The van der Waals surface area contributed by atoms with Crippen molar-refractivity contribution >= 4 is 49.9 Å². The monoisotopic (exact) mass is 614 g/mol. The minimum atomic E-state index is 0.805. The molecule has 9 aromatic rings. The summed E-state index contributed by atoms with van der Waals surface area (Å²) in [5.41, 5.74) is 10.6. The molecule has 0 aliphatic rings. The predicted octanol–water partition coefficient (Wildman–Crippen LogP) is 12.6. The summed E-state index contributed by atoms with van der Waals surface area (Å²) in [4.78, 5) is 7.41. The van der Waals surface area contributed by atoms with Gasteiger partial charge in [0.25, 0.3) is 0 Å². The molecule has 0 aliphatic heterocycles. The van der Waals surface area contributed by atoms with Crippen molar-refractivity contribution in [2.45, 2.75) is 0 Å². The number of benzene rings is 7. The van der Waals surface area contributed by atoms with Crippen LogP contribution in [0.4, 0.5) is 17.2 Å². The van der Waals surface area contributed by atoms with Crippen molar-refractivity contribution in [3.8, 4) is 33.4 Å². The number of fused-ring (bicyclic) bond motifs is 5. The number of rotatable bonds is 6. The van der Waals surface area contributed by atoms with Crippen molar-refractivity contribution < 1.29 is 4.42 Å². The Bertz CT molecular complexity index is 2540. The summed E-state index contributed by atoms with van der Waals surface area (Å²) in [6, 6.07) is 61.9. The van der Waals surface area contributed by atoms with Crippen LogP contribution in [0.1, 0.15) is 0 Å². The third-order valence-electron chi connectivity index (χ3n) is 9.13. The molecule has 9 rings (SSSR count). The Balaban J connectivity index is 1.32. The molecule has 0 aliphatic carbocycles. The maximum absolute atomic E-state index is 6.63. The topological polar surface area (TPSA) is 29.3 Å². The van der Waals surface area contributed by atoms with E-state index in [9.17, 15) is 0 Å². The molecule has 0 radical (unpaired) electrons. The summed E-state index contributed by atoms with van der Waals surface area (Å²) in [7, 11) is 0. The van der Waals surface area contributed by atoms with E-state index in [2.05, 4.69) is 175 Å². The molecule has 2 aromatic heterocycles. The van der Waals surface area contributed by atoms with Gasteiger partial charge in [-0.25, -0.2) is 4.98 Å². The number of anilines is 3. The maximum Gasteiger partial charge on any atom is 0.149 e. The summed E-state index contributed by atoms with van der Waals surface area (Å²) < 4.78 is 6.63. The molecule has 0 atom stereocenters. The van der Waals surface area contributed by atoms with Crippen LogP contribution in [0.15, 0.2) is 187 Å². The Morgan fingerprint density at radius 3 is 1.79 bits per heavy atom. The highest BCUT2D eigenvalue weighted by Gasteiger charge is 2.24. The van der Waals surface area contributed by atoms with E-state index in [1.807, 2.05) is 12.3 Å². The summed E-state index contributed by atoms with van der Waals surface area (Å²) >= 11 is 0. The van der Waals surface area contributed by atoms with Gasteiger partial charge in [0.1, 0.15) is 17.0 Å². The van der Waals surface area contributed by atoms with E-state index in [0.29, 0.717) is 0 Å². The van der Waals surface area contributed by atoms with Gasteiger partial charge < -0.3 is 4.42 Å². The van der Waals surface area contributed by atoms with Crippen LogP contribution >= 0.6 is 0 Å². The minimum absolute atomic E-state index is 0.805. The van der Waals surface area contributed by atoms with Gasteiger partial charge in [0.05, 0.1) is 11.1 Å². The smallest absolute Gasteiger partial charge is 0.149 e. The van der Waals surface area contributed by atoms with Crippen LogP contribution in [-0.4, -0.2) is 4.98 Å². The van der Waals surface area contributed by atoms with Gasteiger partial charge in [0.2, 0.25) is 0 Å². The molecular formula is C45H30N2O. The summed E-state index contributed by atoms with van der Waals surface area (Å²) in [6.45, 7) is 0. The fraction of sp³-hybridized carbons (Fsp3) is 0. The fourth-order valence-electron chi connectivity index (χ4n) is 6.80. The van der Waals surface area contributed by atoms with Crippen LogP contribution in [0.2, 0.25) is 0 Å². The van der Waals surface area contributed by atoms with Gasteiger partial charge in [-0.15, -0.1) is 0 Å². The molecule has 48 heavy (non-hydrogen) atoms. The van der Waals surface area contributed by atoms with Crippen LogP contribution in [0.25, 0.3) is 66.1 Å². The number of pyridine rings is 1. The predicted molar refractivity (Wildman–Crippen MR) is 200 cm³/mol. The van der Waals surface area contributed by atoms with Gasteiger partial charge in [-0.3, -0.25) is 4.90 Å². The minimum Gasteiger partial charge on any atom is -0.455 e. The molecule has 0 saturated carbocycles. The first-order valence-corrected chi connectivity index (χ1v) is 16.2. The highest BCUT2D eigenvalue weighted by atomic mass is 16.3. The SMILES string of the molecule is c1ccc(-c2ccc(N(c3ccc(-c4ccccc4)cc3-c3ccccc3)c3nccc4oc5c6ccccc6ccc5c34)cc2)cc1. The zero-order chi connectivity index (χ0) is 31.9. The zero-order valence-corrected chi connectivity index (χ0v) is 26.1. The molecule has 7 aromatic carbocycles. The summed E-state index contributed by atoms with van der Waals surface area (Å²) in [6.07, 6.45) is 1.86. The van der Waals surface area contributed by atoms with Gasteiger partial charge in [0, 0.05) is 28.2 Å². The number of furan rings is 1. The lowest BCUT2D eigenvalue weighted by Crippen LogP contribution is -2.13. The van der Waals surface area contributed by atoms with E-state index in [-0.39, 0.29) is 0 Å². The first-order valence-electron chi connectivity index (χ1n) is 16.2. The standard InChI is InChI=1S/C45H30N2O/c1-4-12-31(13-5-1)33-20-24-37(25-21-33)47(41-27-23-36(32-14-6-2-7-15-32)30-40(41)34-16-8-3-9-17-34)45-43-39-26-22-35-18-10-11-19-38(35)44(39)48-42(43)28-29-46-45/h1-30H. The number of hydrogen-bond donors (Lipinski definition) is 0. The van der Waals surface area contributed by atoms with Crippen LogP contribution in [0, 0.1) is 0 Å². The van der Waals surface area contributed by atoms with Crippen molar-refractivity contribution in [3.05, 3.63) is 182 Å². The van der Waals surface area contributed by atoms with E-state index in [1.54, 1.807) is 0 Å². The largest absolute Gasteiger partial charge is 0.455 e. The number of hydrogen-bond acceptors (Lipinski definition) is 3. The number of nitrogens with zero attached hydrogens (tertiary/aromatic N) is 2. The van der Waals surface area contributed by atoms with Crippen LogP contribution in [0.3, 0.4) is 0 Å². The van der Waals surface area contributed by atoms with Crippen molar-refractivity contribution in [2.75, 3.05) is 4.90 Å². The average molecular weight is 615 g/mol. The molecule has 0 fully saturated rings. The summed E-state index contributed by atoms with van der Waals surface area (Å²) in [5.74, 6) is 0.818.